The smallest absolute Gasteiger partial charge is 0.0655 e. The lowest BCUT2D eigenvalue weighted by atomic mass is 9.64. The minimum absolute atomic E-state index is 0.244. The highest BCUT2D eigenvalue weighted by Gasteiger charge is 2.49. The van der Waals surface area contributed by atoms with Crippen LogP contribution in [0, 0.1) is 5.41 Å². The quantitative estimate of drug-likeness (QED) is 0.885. The molecule has 0 aliphatic heterocycles. The predicted octanol–water partition coefficient (Wildman–Crippen LogP) is 4.42. The summed E-state index contributed by atoms with van der Waals surface area (Å²) in [5.41, 5.74) is 3.31. The van der Waals surface area contributed by atoms with Gasteiger partial charge in [0.25, 0.3) is 0 Å². The Bertz CT molecular complexity index is 496. The third-order valence-corrected chi connectivity index (χ3v) is 5.74. The molecule has 4 unspecified atom stereocenters. The van der Waals surface area contributed by atoms with Gasteiger partial charge in [-0.05, 0) is 43.2 Å². The van der Waals surface area contributed by atoms with Crippen molar-refractivity contribution in [3.63, 3.8) is 0 Å². The zero-order valence-electron chi connectivity index (χ0n) is 13.9. The fourth-order valence-electron chi connectivity index (χ4n) is 4.07. The van der Waals surface area contributed by atoms with E-state index in [2.05, 4.69) is 57.3 Å². The minimum atomic E-state index is 0.244. The SMILES string of the molecule is CCOC1CC(NC2CCC(C)c3ccccc32)C1(C)C. The van der Waals surface area contributed by atoms with Crippen LogP contribution in [0.3, 0.4) is 0 Å². The fourth-order valence-corrected chi connectivity index (χ4v) is 4.07. The van der Waals surface area contributed by atoms with Gasteiger partial charge in [0.2, 0.25) is 0 Å². The molecule has 2 aliphatic carbocycles. The van der Waals surface area contributed by atoms with Gasteiger partial charge < -0.3 is 10.1 Å². The van der Waals surface area contributed by atoms with Crippen molar-refractivity contribution >= 4 is 0 Å². The summed E-state index contributed by atoms with van der Waals surface area (Å²) in [5.74, 6) is 0.699. The molecule has 1 aromatic rings. The molecule has 3 rings (SSSR count). The Kier molecular flexibility index (Phi) is 4.11. The lowest BCUT2D eigenvalue weighted by Crippen LogP contribution is -2.61. The van der Waals surface area contributed by atoms with E-state index in [-0.39, 0.29) is 5.41 Å². The molecule has 1 N–H and O–H groups in total. The van der Waals surface area contributed by atoms with E-state index in [1.54, 1.807) is 5.56 Å². The molecule has 0 radical (unpaired) electrons. The Morgan fingerprint density at radius 1 is 1.19 bits per heavy atom. The molecule has 0 heterocycles. The lowest BCUT2D eigenvalue weighted by molar-refractivity contribution is -0.117. The molecule has 1 saturated carbocycles. The monoisotopic (exact) mass is 287 g/mol. The van der Waals surface area contributed by atoms with Gasteiger partial charge in [0.15, 0.2) is 0 Å². The van der Waals surface area contributed by atoms with Gasteiger partial charge in [0.05, 0.1) is 6.10 Å². The second-order valence-corrected chi connectivity index (χ2v) is 7.38. The molecule has 2 heteroatoms. The van der Waals surface area contributed by atoms with Crippen LogP contribution in [0.25, 0.3) is 0 Å². The fraction of sp³-hybridized carbons (Fsp3) is 0.684. The molecule has 0 amide bonds. The molecule has 4 atom stereocenters. The van der Waals surface area contributed by atoms with E-state index in [1.807, 2.05) is 0 Å². The first-order valence-electron chi connectivity index (χ1n) is 8.50. The molecule has 2 nitrogen and oxygen atoms in total. The van der Waals surface area contributed by atoms with Gasteiger partial charge in [-0.15, -0.1) is 0 Å². The topological polar surface area (TPSA) is 21.3 Å². The Balaban J connectivity index is 1.71. The number of benzene rings is 1. The highest BCUT2D eigenvalue weighted by molar-refractivity contribution is 5.35. The highest BCUT2D eigenvalue weighted by Crippen LogP contribution is 2.45. The number of rotatable bonds is 4. The van der Waals surface area contributed by atoms with Crippen LogP contribution >= 0.6 is 0 Å². The minimum Gasteiger partial charge on any atom is -0.378 e. The van der Waals surface area contributed by atoms with Crippen LogP contribution in [-0.4, -0.2) is 18.8 Å². The molecule has 0 spiro atoms. The van der Waals surface area contributed by atoms with E-state index in [4.69, 9.17) is 4.74 Å². The molecular formula is C19H29NO. The summed E-state index contributed by atoms with van der Waals surface area (Å²) in [7, 11) is 0. The number of nitrogens with one attached hydrogen (secondary N) is 1. The van der Waals surface area contributed by atoms with Crippen LogP contribution in [0.5, 0.6) is 0 Å². The summed E-state index contributed by atoms with van der Waals surface area (Å²) in [4.78, 5) is 0. The molecule has 2 aliphatic rings. The second-order valence-electron chi connectivity index (χ2n) is 7.38. The zero-order chi connectivity index (χ0) is 15.0. The van der Waals surface area contributed by atoms with Crippen LogP contribution in [0.2, 0.25) is 0 Å². The Morgan fingerprint density at radius 2 is 1.90 bits per heavy atom. The van der Waals surface area contributed by atoms with Crippen molar-refractivity contribution in [3.05, 3.63) is 35.4 Å². The van der Waals surface area contributed by atoms with Crippen LogP contribution in [0.1, 0.15) is 70.0 Å². The van der Waals surface area contributed by atoms with E-state index in [0.717, 1.165) is 13.0 Å². The summed E-state index contributed by atoms with van der Waals surface area (Å²) < 4.78 is 5.86. The first-order valence-corrected chi connectivity index (χ1v) is 8.50. The van der Waals surface area contributed by atoms with Gasteiger partial charge in [-0.1, -0.05) is 45.0 Å². The van der Waals surface area contributed by atoms with Crippen molar-refractivity contribution in [1.29, 1.82) is 0 Å². The van der Waals surface area contributed by atoms with Crippen molar-refractivity contribution in [3.8, 4) is 0 Å². The van der Waals surface area contributed by atoms with Gasteiger partial charge in [-0.2, -0.15) is 0 Å². The van der Waals surface area contributed by atoms with Crippen LogP contribution in [0.4, 0.5) is 0 Å². The maximum Gasteiger partial charge on any atom is 0.0655 e. The third kappa shape index (κ3) is 2.64. The summed E-state index contributed by atoms with van der Waals surface area (Å²) in [5, 5.41) is 3.93. The Morgan fingerprint density at radius 3 is 2.57 bits per heavy atom. The second kappa shape index (κ2) is 5.73. The maximum absolute atomic E-state index is 5.86. The summed E-state index contributed by atoms with van der Waals surface area (Å²) in [6, 6.07) is 10.1. The molecule has 0 aromatic heterocycles. The molecular weight excluding hydrogens is 258 g/mol. The first-order chi connectivity index (χ1) is 10.0. The molecule has 116 valence electrons. The molecule has 0 saturated heterocycles. The van der Waals surface area contributed by atoms with Crippen molar-refractivity contribution in [1.82, 2.24) is 5.32 Å². The van der Waals surface area contributed by atoms with Gasteiger partial charge in [0, 0.05) is 24.1 Å². The number of fused-ring (bicyclic) bond motifs is 1. The van der Waals surface area contributed by atoms with Crippen molar-refractivity contribution < 1.29 is 4.74 Å². The largest absolute Gasteiger partial charge is 0.378 e. The van der Waals surface area contributed by atoms with Crippen LogP contribution in [-0.2, 0) is 4.74 Å². The van der Waals surface area contributed by atoms with E-state index in [1.165, 1.54) is 18.4 Å². The van der Waals surface area contributed by atoms with Crippen molar-refractivity contribution in [2.24, 2.45) is 5.41 Å². The van der Waals surface area contributed by atoms with Crippen LogP contribution < -0.4 is 5.32 Å². The van der Waals surface area contributed by atoms with E-state index < -0.39 is 0 Å². The Hall–Kier alpha value is -0.860. The maximum atomic E-state index is 5.86. The van der Waals surface area contributed by atoms with E-state index in [9.17, 15) is 0 Å². The number of hydrogen-bond donors (Lipinski definition) is 1. The number of hydrogen-bond acceptors (Lipinski definition) is 2. The average Bonchev–Trinajstić information content (AvgIpc) is 2.49. The average molecular weight is 287 g/mol. The first kappa shape index (κ1) is 15.1. The summed E-state index contributed by atoms with van der Waals surface area (Å²) >= 11 is 0. The zero-order valence-corrected chi connectivity index (χ0v) is 13.9. The Labute approximate surface area is 129 Å². The van der Waals surface area contributed by atoms with Gasteiger partial charge in [-0.3, -0.25) is 0 Å². The van der Waals surface area contributed by atoms with Gasteiger partial charge in [0.1, 0.15) is 0 Å². The molecule has 21 heavy (non-hydrogen) atoms. The molecule has 0 bridgehead atoms. The molecule has 1 fully saturated rings. The number of ether oxygens (including phenoxy) is 1. The van der Waals surface area contributed by atoms with Crippen LogP contribution in [0.15, 0.2) is 24.3 Å². The van der Waals surface area contributed by atoms with E-state index >= 15 is 0 Å². The molecule has 1 aromatic carbocycles. The standard InChI is InChI=1S/C19H29NO/c1-5-21-18-12-17(19(18,3)4)20-16-11-10-13(2)14-8-6-7-9-15(14)16/h6-9,13,16-18,20H,5,10-12H2,1-4H3. The normalized spacial score (nSPS) is 34.1. The van der Waals surface area contributed by atoms with Crippen molar-refractivity contribution in [2.45, 2.75) is 71.1 Å². The predicted molar refractivity (Wildman–Crippen MR) is 87.6 cm³/mol. The van der Waals surface area contributed by atoms with E-state index in [0.29, 0.717) is 24.1 Å². The summed E-state index contributed by atoms with van der Waals surface area (Å²) in [6.45, 7) is 9.95. The highest BCUT2D eigenvalue weighted by atomic mass is 16.5. The van der Waals surface area contributed by atoms with Gasteiger partial charge in [-0.25, -0.2) is 0 Å². The third-order valence-electron chi connectivity index (χ3n) is 5.74. The van der Waals surface area contributed by atoms with Crippen molar-refractivity contribution in [2.75, 3.05) is 6.61 Å². The summed E-state index contributed by atoms with van der Waals surface area (Å²) in [6.07, 6.45) is 4.10. The lowest BCUT2D eigenvalue weighted by Gasteiger charge is -2.53. The van der Waals surface area contributed by atoms with Gasteiger partial charge >= 0.3 is 0 Å².